The van der Waals surface area contributed by atoms with E-state index in [9.17, 15) is 14.4 Å². The van der Waals surface area contributed by atoms with E-state index in [2.05, 4.69) is 29.2 Å². The smallest absolute Gasteiger partial charge is 0.332 e. The number of hydrogen-bond donors (Lipinski definition) is 1. The van der Waals surface area contributed by atoms with E-state index < -0.39 is 5.97 Å². The van der Waals surface area contributed by atoms with Gasteiger partial charge in [0, 0.05) is 88.8 Å². The van der Waals surface area contributed by atoms with Crippen LogP contribution >= 0.6 is 0 Å². The summed E-state index contributed by atoms with van der Waals surface area (Å²) < 4.78 is 8.95. The number of carbonyl (C=O) groups excluding carboxylic acids is 2. The molecule has 8 heteroatoms. The summed E-state index contributed by atoms with van der Waals surface area (Å²) in [6.45, 7) is 15.4. The Labute approximate surface area is 201 Å². The van der Waals surface area contributed by atoms with Crippen LogP contribution in [0.25, 0.3) is 0 Å². The van der Waals surface area contributed by atoms with Gasteiger partial charge < -0.3 is 14.6 Å². The maximum atomic E-state index is 10.3. The van der Waals surface area contributed by atoms with Crippen molar-refractivity contribution in [3.63, 3.8) is 0 Å². The molecule has 0 unspecified atom stereocenters. The fourth-order valence-corrected chi connectivity index (χ4v) is 0.550. The average molecular weight is 383 g/mol. The molecule has 0 aromatic heterocycles. The first-order valence-corrected chi connectivity index (χ1v) is 6.55. The molecule has 0 aromatic rings. The van der Waals surface area contributed by atoms with E-state index in [0.29, 0.717) is 12.2 Å². The molecule has 0 amide bonds. The monoisotopic (exact) mass is 383 g/mol. The summed E-state index contributed by atoms with van der Waals surface area (Å²) in [6, 6.07) is 0. The Hall–Kier alpha value is -0.110. The van der Waals surface area contributed by atoms with Crippen LogP contribution in [0.2, 0.25) is 0 Å². The first-order valence-electron chi connectivity index (χ1n) is 6.55. The van der Waals surface area contributed by atoms with Gasteiger partial charge in [-0.05, 0) is 20.3 Å². The van der Waals surface area contributed by atoms with Crippen molar-refractivity contribution in [3.8, 4) is 0 Å². The number of aliphatic carboxylic acids is 1. The van der Waals surface area contributed by atoms with Crippen LogP contribution < -0.4 is 0 Å². The van der Waals surface area contributed by atoms with Crippen LogP contribution in [0.5, 0.6) is 0 Å². The first kappa shape index (κ1) is 35.1. The van der Waals surface area contributed by atoms with Gasteiger partial charge in [0.05, 0.1) is 13.7 Å². The number of ether oxygens (including phenoxy) is 2. The second-order valence-corrected chi connectivity index (χ2v) is 4.08. The standard InChI is InChI=1S/C7H12O2.C5H8O2.C4H6O2.Ca.Na.3H2/c1-3-5-6-9-7(8)4-2;1-4(2)5(6)7-3;1-3(2)4(5)6;;;;;/h4H,2-3,5-6H2,1H3;1H2,2-3H3;1H2,2H3,(H,5,6);;;3*1H. The number of methoxy groups -OCH3 is 1. The zero-order valence-electron chi connectivity index (χ0n) is 15.5. The Morgan fingerprint density at radius 3 is 1.75 bits per heavy atom. The quantitative estimate of drug-likeness (QED) is 0.328. The van der Waals surface area contributed by atoms with Gasteiger partial charge in [-0.3, -0.25) is 0 Å². The van der Waals surface area contributed by atoms with E-state index in [1.165, 1.54) is 20.1 Å². The summed E-state index contributed by atoms with van der Waals surface area (Å²) in [5.41, 5.74) is 0.609. The fraction of sp³-hybridized carbons (Fsp3) is 0.438. The summed E-state index contributed by atoms with van der Waals surface area (Å²) >= 11 is 0. The molecule has 0 fully saturated rings. The van der Waals surface area contributed by atoms with E-state index in [-0.39, 0.29) is 89.1 Å². The molecule has 0 heterocycles. The summed E-state index contributed by atoms with van der Waals surface area (Å²) in [7, 11) is 1.33. The van der Waals surface area contributed by atoms with Crippen molar-refractivity contribution in [3.05, 3.63) is 37.0 Å². The van der Waals surface area contributed by atoms with Gasteiger partial charge in [0.25, 0.3) is 0 Å². The van der Waals surface area contributed by atoms with Crippen molar-refractivity contribution < 1.29 is 33.2 Å². The molecule has 0 bridgehead atoms. The Morgan fingerprint density at radius 1 is 1.17 bits per heavy atom. The maximum absolute atomic E-state index is 10.3. The van der Waals surface area contributed by atoms with E-state index >= 15 is 0 Å². The minimum atomic E-state index is -0.935. The van der Waals surface area contributed by atoms with E-state index in [4.69, 9.17) is 5.11 Å². The predicted molar refractivity (Wildman–Crippen MR) is 103 cm³/mol. The molecule has 0 aromatic carbocycles. The van der Waals surface area contributed by atoms with E-state index in [0.717, 1.165) is 12.8 Å². The van der Waals surface area contributed by atoms with Gasteiger partial charge in [0.1, 0.15) is 0 Å². The number of unbranched alkanes of at least 4 members (excludes halogenated alkanes) is 1. The number of esters is 2. The molecule has 6 nitrogen and oxygen atoms in total. The summed E-state index contributed by atoms with van der Waals surface area (Å²) in [4.78, 5) is 30.1. The number of carbonyl (C=O) groups is 3. The van der Waals surface area contributed by atoms with Crippen LogP contribution in [0.1, 0.15) is 37.9 Å². The molecular weight excluding hydrogens is 351 g/mol. The van der Waals surface area contributed by atoms with Crippen molar-refractivity contribution >= 4 is 85.2 Å². The van der Waals surface area contributed by atoms with Crippen molar-refractivity contribution in [1.82, 2.24) is 0 Å². The fourth-order valence-electron chi connectivity index (χ4n) is 0.550. The molecular formula is C16H32CaNaO6. The first-order chi connectivity index (χ1) is 10.1. The molecule has 1 N–H and O–H groups in total. The van der Waals surface area contributed by atoms with Crippen LogP contribution in [0.4, 0.5) is 0 Å². The van der Waals surface area contributed by atoms with Gasteiger partial charge in [-0.25, -0.2) is 14.4 Å². The van der Waals surface area contributed by atoms with Gasteiger partial charge in [0.15, 0.2) is 0 Å². The SMILES string of the molecule is C=C(C)C(=O)O.C=C(C)C(=O)OC.C=CC(=O)OCCCC.[Ca].[HH].[HH].[HH].[Na]. The third kappa shape index (κ3) is 33.5. The van der Waals surface area contributed by atoms with Crippen LogP contribution in [-0.4, -0.2) is 104 Å². The zero-order valence-corrected chi connectivity index (χ0v) is 19.7. The number of rotatable bonds is 6. The van der Waals surface area contributed by atoms with Crippen LogP contribution in [0.15, 0.2) is 37.0 Å². The predicted octanol–water partition coefficient (Wildman–Crippen LogP) is 2.87. The Balaban J connectivity index is -0.0000000311. The molecule has 0 rings (SSSR count). The van der Waals surface area contributed by atoms with Gasteiger partial charge in [-0.1, -0.05) is 33.1 Å². The Morgan fingerprint density at radius 2 is 1.58 bits per heavy atom. The second kappa shape index (κ2) is 25.1. The molecule has 0 atom stereocenters. The van der Waals surface area contributed by atoms with Crippen molar-refractivity contribution in [2.75, 3.05) is 13.7 Å². The van der Waals surface area contributed by atoms with E-state index in [1.807, 2.05) is 6.92 Å². The molecule has 0 spiro atoms. The number of carboxylic acids is 1. The zero-order chi connectivity index (χ0) is 18.1. The largest absolute Gasteiger partial charge is 0.478 e. The molecule has 0 aliphatic heterocycles. The van der Waals surface area contributed by atoms with Gasteiger partial charge in [-0.15, -0.1) is 0 Å². The second-order valence-electron chi connectivity index (χ2n) is 4.08. The van der Waals surface area contributed by atoms with E-state index in [1.54, 1.807) is 6.92 Å². The van der Waals surface area contributed by atoms with Crippen LogP contribution in [-0.2, 0) is 23.9 Å². The average Bonchev–Trinajstić information content (AvgIpc) is 2.47. The Bertz CT molecular complexity index is 409. The van der Waals surface area contributed by atoms with Crippen LogP contribution in [0, 0.1) is 0 Å². The number of hydrogen-bond acceptors (Lipinski definition) is 5. The van der Waals surface area contributed by atoms with Crippen molar-refractivity contribution in [1.29, 1.82) is 0 Å². The molecule has 0 aliphatic carbocycles. The van der Waals surface area contributed by atoms with Gasteiger partial charge in [0.2, 0.25) is 0 Å². The van der Waals surface area contributed by atoms with Crippen molar-refractivity contribution in [2.45, 2.75) is 33.6 Å². The maximum Gasteiger partial charge on any atom is 0.332 e. The molecule has 3 radical (unpaired) electrons. The minimum absolute atomic E-state index is 0. The van der Waals surface area contributed by atoms with Crippen molar-refractivity contribution in [2.24, 2.45) is 0 Å². The van der Waals surface area contributed by atoms with Crippen LogP contribution in [0.3, 0.4) is 0 Å². The molecule has 135 valence electrons. The number of carboxylic acid groups (broad SMARTS) is 1. The summed E-state index contributed by atoms with van der Waals surface area (Å²) in [5.74, 6) is -1.61. The third-order valence-corrected chi connectivity index (χ3v) is 1.81. The Kier molecular flexibility index (Phi) is 36.7. The molecule has 0 saturated carbocycles. The minimum Gasteiger partial charge on any atom is -0.478 e. The van der Waals surface area contributed by atoms with Gasteiger partial charge >= 0.3 is 17.9 Å². The molecule has 0 saturated heterocycles. The summed E-state index contributed by atoms with van der Waals surface area (Å²) in [5, 5.41) is 7.89. The van der Waals surface area contributed by atoms with Gasteiger partial charge in [-0.2, -0.15) is 0 Å². The summed E-state index contributed by atoms with van der Waals surface area (Å²) in [6.07, 6.45) is 3.15. The molecule has 24 heavy (non-hydrogen) atoms. The third-order valence-electron chi connectivity index (χ3n) is 1.81. The topological polar surface area (TPSA) is 89.9 Å². The molecule has 0 aliphatic rings. The normalized spacial score (nSPS) is 7.33.